The third kappa shape index (κ3) is 5.16. The smallest absolute Gasteiger partial charge is 0.330 e. The molecule has 3 nitrogen and oxygen atoms in total. The Morgan fingerprint density at radius 2 is 2.19 bits per heavy atom. The second kappa shape index (κ2) is 7.74. The Hall–Kier alpha value is -1.94. The van der Waals surface area contributed by atoms with Crippen LogP contribution in [0.5, 0.6) is 0 Å². The van der Waals surface area contributed by atoms with E-state index in [0.717, 1.165) is 27.6 Å². The lowest BCUT2D eigenvalue weighted by Crippen LogP contribution is -1.98. The average Bonchev–Trinajstić information content (AvgIpc) is 2.46. The van der Waals surface area contributed by atoms with Crippen LogP contribution in [0, 0.1) is 0 Å². The monoisotopic (exact) mass is 345 g/mol. The van der Waals surface area contributed by atoms with Gasteiger partial charge in [-0.1, -0.05) is 28.1 Å². The van der Waals surface area contributed by atoms with Crippen LogP contribution in [-0.2, 0) is 16.0 Å². The van der Waals surface area contributed by atoms with Crippen LogP contribution >= 0.6 is 15.9 Å². The zero-order valence-corrected chi connectivity index (χ0v) is 13.3. The third-order valence-electron chi connectivity index (χ3n) is 2.81. The molecular formula is C17H16BrNO2. The number of hydrogen-bond donors (Lipinski definition) is 0. The van der Waals surface area contributed by atoms with Crippen molar-refractivity contribution in [3.05, 3.63) is 70.0 Å². The number of halogens is 1. The summed E-state index contributed by atoms with van der Waals surface area (Å²) >= 11 is 3.50. The SMILES string of the molecule is CCOC(=O)C=Cc1cc(Br)cc(Cc2cccnc2)c1. The van der Waals surface area contributed by atoms with Crippen molar-refractivity contribution in [3.63, 3.8) is 0 Å². The number of pyridine rings is 1. The first-order chi connectivity index (χ1) is 10.2. The van der Waals surface area contributed by atoms with Crippen LogP contribution in [0.25, 0.3) is 6.08 Å². The predicted octanol–water partition coefficient (Wildman–Crippen LogP) is 4.01. The number of ether oxygens (including phenoxy) is 1. The van der Waals surface area contributed by atoms with E-state index < -0.39 is 0 Å². The maximum Gasteiger partial charge on any atom is 0.330 e. The molecular weight excluding hydrogens is 330 g/mol. The van der Waals surface area contributed by atoms with Crippen LogP contribution in [0.3, 0.4) is 0 Å². The Balaban J connectivity index is 2.15. The molecule has 0 aliphatic carbocycles. The van der Waals surface area contributed by atoms with E-state index in [9.17, 15) is 4.79 Å². The van der Waals surface area contributed by atoms with E-state index in [-0.39, 0.29) is 5.97 Å². The fraction of sp³-hybridized carbons (Fsp3) is 0.176. The Kier molecular flexibility index (Phi) is 5.69. The first kappa shape index (κ1) is 15.4. The van der Waals surface area contributed by atoms with Gasteiger partial charge in [0, 0.05) is 22.9 Å². The summed E-state index contributed by atoms with van der Waals surface area (Å²) in [5, 5.41) is 0. The summed E-state index contributed by atoms with van der Waals surface area (Å²) in [4.78, 5) is 15.5. The Morgan fingerprint density at radius 3 is 2.90 bits per heavy atom. The number of benzene rings is 1. The summed E-state index contributed by atoms with van der Waals surface area (Å²) in [5.41, 5.74) is 3.26. The molecule has 1 heterocycles. The fourth-order valence-corrected chi connectivity index (χ4v) is 2.53. The summed E-state index contributed by atoms with van der Waals surface area (Å²) < 4.78 is 5.85. The minimum Gasteiger partial charge on any atom is -0.463 e. The zero-order valence-electron chi connectivity index (χ0n) is 11.8. The highest BCUT2D eigenvalue weighted by Gasteiger charge is 2.01. The van der Waals surface area contributed by atoms with Crippen molar-refractivity contribution < 1.29 is 9.53 Å². The summed E-state index contributed by atoms with van der Waals surface area (Å²) in [7, 11) is 0. The summed E-state index contributed by atoms with van der Waals surface area (Å²) in [6.07, 6.45) is 7.62. The van der Waals surface area contributed by atoms with E-state index in [2.05, 4.69) is 27.0 Å². The average molecular weight is 346 g/mol. The molecule has 1 aromatic carbocycles. The molecule has 108 valence electrons. The van der Waals surface area contributed by atoms with Gasteiger partial charge in [-0.2, -0.15) is 0 Å². The van der Waals surface area contributed by atoms with Gasteiger partial charge in [0.1, 0.15) is 0 Å². The highest BCUT2D eigenvalue weighted by atomic mass is 79.9. The standard InChI is InChI=1S/C17H16BrNO2/c1-2-21-17(20)6-5-13-8-15(11-16(18)10-13)9-14-4-3-7-19-12-14/h3-8,10-12H,2,9H2,1H3. The molecule has 0 aliphatic rings. The molecule has 0 amide bonds. The van der Waals surface area contributed by atoms with Crippen LogP contribution in [-0.4, -0.2) is 17.6 Å². The van der Waals surface area contributed by atoms with Gasteiger partial charge in [-0.15, -0.1) is 0 Å². The molecule has 2 rings (SSSR count). The number of rotatable bonds is 5. The van der Waals surface area contributed by atoms with E-state index in [1.165, 1.54) is 6.08 Å². The lowest BCUT2D eigenvalue weighted by molar-refractivity contribution is -0.137. The minimum atomic E-state index is -0.328. The van der Waals surface area contributed by atoms with E-state index in [1.807, 2.05) is 30.5 Å². The van der Waals surface area contributed by atoms with Crippen molar-refractivity contribution in [3.8, 4) is 0 Å². The number of hydrogen-bond acceptors (Lipinski definition) is 3. The molecule has 0 fully saturated rings. The molecule has 0 unspecified atom stereocenters. The number of esters is 1. The molecule has 2 aromatic rings. The fourth-order valence-electron chi connectivity index (χ4n) is 1.97. The highest BCUT2D eigenvalue weighted by molar-refractivity contribution is 9.10. The maximum atomic E-state index is 11.3. The lowest BCUT2D eigenvalue weighted by Gasteiger charge is -2.05. The van der Waals surface area contributed by atoms with Gasteiger partial charge in [-0.05, 0) is 54.3 Å². The van der Waals surface area contributed by atoms with Crippen molar-refractivity contribution in [2.75, 3.05) is 6.61 Å². The third-order valence-corrected chi connectivity index (χ3v) is 3.27. The van der Waals surface area contributed by atoms with Crippen LogP contribution in [0.2, 0.25) is 0 Å². The van der Waals surface area contributed by atoms with Crippen LogP contribution in [0.15, 0.2) is 53.3 Å². The maximum absolute atomic E-state index is 11.3. The molecule has 0 saturated carbocycles. The normalized spacial score (nSPS) is 10.8. The highest BCUT2D eigenvalue weighted by Crippen LogP contribution is 2.19. The van der Waals surface area contributed by atoms with Gasteiger partial charge in [-0.3, -0.25) is 4.98 Å². The second-order valence-corrected chi connectivity index (χ2v) is 5.43. The Labute approximate surface area is 132 Å². The van der Waals surface area contributed by atoms with Gasteiger partial charge in [-0.25, -0.2) is 4.79 Å². The van der Waals surface area contributed by atoms with E-state index in [1.54, 1.807) is 19.2 Å². The molecule has 0 aliphatic heterocycles. The lowest BCUT2D eigenvalue weighted by atomic mass is 10.0. The molecule has 1 aromatic heterocycles. The zero-order chi connectivity index (χ0) is 15.1. The van der Waals surface area contributed by atoms with E-state index >= 15 is 0 Å². The molecule has 4 heteroatoms. The van der Waals surface area contributed by atoms with Crippen molar-refractivity contribution in [1.29, 1.82) is 0 Å². The Morgan fingerprint density at radius 1 is 1.33 bits per heavy atom. The molecule has 0 bridgehead atoms. The predicted molar refractivity (Wildman–Crippen MR) is 86.9 cm³/mol. The van der Waals surface area contributed by atoms with Gasteiger partial charge in [0.2, 0.25) is 0 Å². The summed E-state index contributed by atoms with van der Waals surface area (Å²) in [5.74, 6) is -0.328. The van der Waals surface area contributed by atoms with Gasteiger partial charge in [0.15, 0.2) is 0 Å². The van der Waals surface area contributed by atoms with Crippen molar-refractivity contribution >= 4 is 28.0 Å². The quantitative estimate of drug-likeness (QED) is 0.607. The van der Waals surface area contributed by atoms with Gasteiger partial charge < -0.3 is 4.74 Å². The van der Waals surface area contributed by atoms with Gasteiger partial charge >= 0.3 is 5.97 Å². The van der Waals surface area contributed by atoms with Crippen molar-refractivity contribution in [1.82, 2.24) is 4.98 Å². The van der Waals surface area contributed by atoms with E-state index in [4.69, 9.17) is 4.74 Å². The van der Waals surface area contributed by atoms with Gasteiger partial charge in [0.05, 0.1) is 6.61 Å². The van der Waals surface area contributed by atoms with Crippen molar-refractivity contribution in [2.24, 2.45) is 0 Å². The minimum absolute atomic E-state index is 0.328. The van der Waals surface area contributed by atoms with Crippen molar-refractivity contribution in [2.45, 2.75) is 13.3 Å². The van der Waals surface area contributed by atoms with Crippen LogP contribution in [0.4, 0.5) is 0 Å². The topological polar surface area (TPSA) is 39.2 Å². The second-order valence-electron chi connectivity index (χ2n) is 4.52. The first-order valence-electron chi connectivity index (χ1n) is 6.70. The largest absolute Gasteiger partial charge is 0.463 e. The molecule has 0 N–H and O–H groups in total. The number of aromatic nitrogens is 1. The summed E-state index contributed by atoms with van der Waals surface area (Å²) in [6.45, 7) is 2.17. The summed E-state index contributed by atoms with van der Waals surface area (Å²) in [6, 6.07) is 10.0. The number of nitrogens with zero attached hydrogens (tertiary/aromatic N) is 1. The molecule has 0 atom stereocenters. The molecule has 21 heavy (non-hydrogen) atoms. The van der Waals surface area contributed by atoms with Crippen LogP contribution < -0.4 is 0 Å². The molecule has 0 spiro atoms. The number of carbonyl (C=O) groups is 1. The number of carbonyl (C=O) groups excluding carboxylic acids is 1. The van der Waals surface area contributed by atoms with E-state index in [0.29, 0.717) is 6.61 Å². The van der Waals surface area contributed by atoms with Gasteiger partial charge in [0.25, 0.3) is 0 Å². The first-order valence-corrected chi connectivity index (χ1v) is 7.50. The van der Waals surface area contributed by atoms with Crippen LogP contribution in [0.1, 0.15) is 23.6 Å². The molecule has 0 radical (unpaired) electrons. The molecule has 0 saturated heterocycles. The Bertz CT molecular complexity index is 638.